The van der Waals surface area contributed by atoms with Gasteiger partial charge >= 0.3 is 5.97 Å². The molecule has 4 heterocycles. The predicted octanol–water partition coefficient (Wildman–Crippen LogP) is 3.73. The molecule has 2 fully saturated rings. The first-order valence-corrected chi connectivity index (χ1v) is 15.0. The maximum absolute atomic E-state index is 13.7. The number of halogens is 1. The van der Waals surface area contributed by atoms with E-state index in [0.717, 1.165) is 21.8 Å². The van der Waals surface area contributed by atoms with E-state index in [1.807, 2.05) is 30.9 Å². The molecule has 0 aliphatic carbocycles. The van der Waals surface area contributed by atoms with Crippen LogP contribution >= 0.6 is 11.6 Å². The SMILES string of the molecule is CCOC(=O)C(C)(C)C1(O)CCN(C(=O)CN2CC(C)(C)OC[C@H]2C(=O)Nc2cc(Cl)cc3c2[nH]c2cnccc23)CC1. The zero-order valence-corrected chi connectivity index (χ0v) is 26.1. The van der Waals surface area contributed by atoms with E-state index >= 15 is 0 Å². The van der Waals surface area contributed by atoms with E-state index in [4.69, 9.17) is 21.1 Å². The van der Waals surface area contributed by atoms with Crippen LogP contribution in [0, 0.1) is 5.41 Å². The van der Waals surface area contributed by atoms with Crippen LogP contribution in [-0.2, 0) is 23.9 Å². The Balaban J connectivity index is 1.30. The summed E-state index contributed by atoms with van der Waals surface area (Å²) < 4.78 is 11.2. The summed E-state index contributed by atoms with van der Waals surface area (Å²) in [5.41, 5.74) is -0.879. The topological polar surface area (TPSA) is 137 Å². The second kappa shape index (κ2) is 11.7. The number of hydrogen-bond acceptors (Lipinski definition) is 8. The highest BCUT2D eigenvalue weighted by Crippen LogP contribution is 2.40. The number of benzene rings is 1. The quantitative estimate of drug-likeness (QED) is 0.343. The van der Waals surface area contributed by atoms with Crippen LogP contribution in [0.5, 0.6) is 0 Å². The van der Waals surface area contributed by atoms with Crippen LogP contribution in [0.4, 0.5) is 5.69 Å². The first kappa shape index (κ1) is 31.2. The molecule has 1 atom stereocenters. The highest BCUT2D eigenvalue weighted by Gasteiger charge is 2.51. The van der Waals surface area contributed by atoms with Crippen molar-refractivity contribution in [1.82, 2.24) is 19.8 Å². The van der Waals surface area contributed by atoms with Gasteiger partial charge in [0.05, 0.1) is 59.3 Å². The van der Waals surface area contributed by atoms with Crippen LogP contribution in [0.3, 0.4) is 0 Å². The van der Waals surface area contributed by atoms with E-state index in [2.05, 4.69) is 15.3 Å². The maximum Gasteiger partial charge on any atom is 0.314 e. The van der Waals surface area contributed by atoms with Gasteiger partial charge in [0.1, 0.15) is 6.04 Å². The number of ether oxygens (including phenoxy) is 2. The molecule has 3 aromatic rings. The van der Waals surface area contributed by atoms with Crippen molar-refractivity contribution in [1.29, 1.82) is 0 Å². The molecule has 11 nitrogen and oxygen atoms in total. The minimum atomic E-state index is -1.29. The van der Waals surface area contributed by atoms with Gasteiger partial charge in [-0.1, -0.05) is 11.6 Å². The Hall–Kier alpha value is -3.25. The van der Waals surface area contributed by atoms with Crippen molar-refractivity contribution in [3.8, 4) is 0 Å². The molecule has 43 heavy (non-hydrogen) atoms. The van der Waals surface area contributed by atoms with Crippen molar-refractivity contribution in [2.45, 2.75) is 64.7 Å². The number of esters is 1. The zero-order valence-electron chi connectivity index (χ0n) is 25.3. The van der Waals surface area contributed by atoms with Crippen LogP contribution in [0.2, 0.25) is 5.02 Å². The van der Waals surface area contributed by atoms with Crippen LogP contribution in [0.1, 0.15) is 47.5 Å². The number of anilines is 1. The molecular formula is C31H40ClN5O6. The average Bonchev–Trinajstić information content (AvgIpc) is 3.31. The monoisotopic (exact) mass is 613 g/mol. The summed E-state index contributed by atoms with van der Waals surface area (Å²) in [6.45, 7) is 10.2. The van der Waals surface area contributed by atoms with Crippen molar-refractivity contribution >= 4 is 56.9 Å². The smallest absolute Gasteiger partial charge is 0.314 e. The number of nitrogens with zero attached hydrogens (tertiary/aromatic N) is 3. The number of likely N-dealkylation sites (tertiary alicyclic amines) is 1. The van der Waals surface area contributed by atoms with E-state index in [-0.39, 0.29) is 44.4 Å². The van der Waals surface area contributed by atoms with Crippen LogP contribution < -0.4 is 5.32 Å². The number of H-pyrrole nitrogens is 1. The molecule has 0 saturated carbocycles. The summed E-state index contributed by atoms with van der Waals surface area (Å²) in [6.07, 6.45) is 3.91. The molecule has 3 N–H and O–H groups in total. The summed E-state index contributed by atoms with van der Waals surface area (Å²) in [5, 5.41) is 16.6. The Kier molecular flexibility index (Phi) is 8.47. The van der Waals surface area contributed by atoms with Crippen LogP contribution in [-0.4, -0.2) is 99.3 Å². The Morgan fingerprint density at radius 1 is 1.23 bits per heavy atom. The lowest BCUT2D eigenvalue weighted by Crippen LogP contribution is -2.61. The van der Waals surface area contributed by atoms with Gasteiger partial charge in [-0.25, -0.2) is 0 Å². The van der Waals surface area contributed by atoms with Crippen molar-refractivity contribution in [2.24, 2.45) is 5.41 Å². The number of rotatable bonds is 7. The molecule has 1 aromatic carbocycles. The molecule has 5 rings (SSSR count). The van der Waals surface area contributed by atoms with Gasteiger partial charge < -0.3 is 29.8 Å². The average molecular weight is 614 g/mol. The van der Waals surface area contributed by atoms with E-state index in [1.165, 1.54) is 0 Å². The summed E-state index contributed by atoms with van der Waals surface area (Å²) in [5.74, 6) is -0.921. The van der Waals surface area contributed by atoms with Gasteiger partial charge in [-0.3, -0.25) is 24.3 Å². The number of aromatic amines is 1. The molecule has 2 saturated heterocycles. The number of nitrogens with one attached hydrogen (secondary N) is 2. The standard InChI is InChI=1S/C31H40ClN5O6/c1-6-42-28(40)30(4,5)31(41)8-11-36(12-9-31)25(38)16-37-18-29(2,3)43-17-24(37)27(39)35-22-14-19(32)13-21-20-7-10-33-15-23(20)34-26(21)22/h7,10,13-15,24,34,41H,6,8-9,11-12,16-18H2,1-5H3,(H,35,39)/t24-/m0/s1. The molecule has 2 aromatic heterocycles. The number of aromatic nitrogens is 2. The van der Waals surface area contributed by atoms with Gasteiger partial charge in [0.2, 0.25) is 11.8 Å². The number of pyridine rings is 1. The van der Waals surface area contributed by atoms with Crippen molar-refractivity contribution in [2.75, 3.05) is 44.7 Å². The van der Waals surface area contributed by atoms with Gasteiger partial charge in [-0.15, -0.1) is 0 Å². The Bertz CT molecular complexity index is 1540. The van der Waals surface area contributed by atoms with Crippen LogP contribution in [0.25, 0.3) is 21.8 Å². The van der Waals surface area contributed by atoms with E-state index in [0.29, 0.717) is 30.3 Å². The first-order chi connectivity index (χ1) is 20.2. The fourth-order valence-electron chi connectivity index (χ4n) is 6.12. The van der Waals surface area contributed by atoms with Crippen molar-refractivity contribution in [3.63, 3.8) is 0 Å². The Morgan fingerprint density at radius 3 is 2.65 bits per heavy atom. The number of hydrogen-bond donors (Lipinski definition) is 3. The minimum absolute atomic E-state index is 0.00753. The van der Waals surface area contributed by atoms with Crippen molar-refractivity contribution in [3.05, 3.63) is 35.6 Å². The number of fused-ring (bicyclic) bond motifs is 3. The van der Waals surface area contributed by atoms with Gasteiger partial charge in [0.15, 0.2) is 0 Å². The molecule has 2 aliphatic rings. The largest absolute Gasteiger partial charge is 0.465 e. The van der Waals surface area contributed by atoms with Crippen molar-refractivity contribution < 1.29 is 29.0 Å². The fraction of sp³-hybridized carbons (Fsp3) is 0.548. The molecule has 0 spiro atoms. The van der Waals surface area contributed by atoms with Crippen LogP contribution in [0.15, 0.2) is 30.6 Å². The molecule has 2 amide bonds. The van der Waals surface area contributed by atoms with Gasteiger partial charge in [-0.05, 0) is 65.7 Å². The summed E-state index contributed by atoms with van der Waals surface area (Å²) >= 11 is 6.44. The van der Waals surface area contributed by atoms with Gasteiger partial charge in [-0.2, -0.15) is 0 Å². The lowest BCUT2D eigenvalue weighted by molar-refractivity contribution is -0.178. The second-order valence-electron chi connectivity index (χ2n) is 12.7. The third-order valence-corrected chi connectivity index (χ3v) is 9.14. The zero-order chi connectivity index (χ0) is 31.2. The normalized spacial score (nSPS) is 20.7. The number of carbonyl (C=O) groups excluding carboxylic acids is 3. The van der Waals surface area contributed by atoms with E-state index in [1.54, 1.807) is 44.1 Å². The highest BCUT2D eigenvalue weighted by atomic mass is 35.5. The summed E-state index contributed by atoms with van der Waals surface area (Å²) in [7, 11) is 0. The fourth-order valence-corrected chi connectivity index (χ4v) is 6.34. The predicted molar refractivity (Wildman–Crippen MR) is 164 cm³/mol. The van der Waals surface area contributed by atoms with E-state index in [9.17, 15) is 19.5 Å². The molecule has 12 heteroatoms. The second-order valence-corrected chi connectivity index (χ2v) is 13.1. The number of amides is 2. The molecule has 0 radical (unpaired) electrons. The lowest BCUT2D eigenvalue weighted by atomic mass is 9.69. The Morgan fingerprint density at radius 2 is 1.95 bits per heavy atom. The first-order valence-electron chi connectivity index (χ1n) is 14.7. The van der Waals surface area contributed by atoms with Gasteiger partial charge in [0, 0.05) is 41.6 Å². The molecule has 232 valence electrons. The van der Waals surface area contributed by atoms with Gasteiger partial charge in [0.25, 0.3) is 0 Å². The molecule has 2 aliphatic heterocycles. The summed E-state index contributed by atoms with van der Waals surface area (Å²) in [6, 6.07) is 4.71. The van der Waals surface area contributed by atoms with E-state index < -0.39 is 28.6 Å². The Labute approximate surface area is 255 Å². The molecule has 0 bridgehead atoms. The summed E-state index contributed by atoms with van der Waals surface area (Å²) in [4.78, 5) is 50.8. The lowest BCUT2D eigenvalue weighted by Gasteiger charge is -2.47. The highest BCUT2D eigenvalue weighted by molar-refractivity contribution is 6.33. The molecule has 0 unspecified atom stereocenters. The number of piperidine rings is 1. The third-order valence-electron chi connectivity index (χ3n) is 8.92. The minimum Gasteiger partial charge on any atom is -0.465 e. The number of morpholine rings is 1. The number of carbonyl (C=O) groups is 3. The molecular weight excluding hydrogens is 574 g/mol. The maximum atomic E-state index is 13.7. The number of aliphatic hydroxyl groups is 1. The third kappa shape index (κ3) is 6.08.